The summed E-state index contributed by atoms with van der Waals surface area (Å²) >= 11 is 0. The number of nitrogens with two attached hydrogens (primary N) is 2. The highest BCUT2D eigenvalue weighted by atomic mass is 28.4. The predicted octanol–water partition coefficient (Wildman–Crippen LogP) is -2.81. The number of aliphatic hydroxyl groups excluding tert-OH is 4. The quantitative estimate of drug-likeness (QED) is 0.104. The normalized spacial score (nSPS) is 14.0. The maximum absolute atomic E-state index is 10.9. The Morgan fingerprint density at radius 1 is 0.852 bits per heavy atom. The van der Waals surface area contributed by atoms with E-state index in [-0.39, 0.29) is 19.3 Å². The Hall–Kier alpha value is -0.183. The first-order valence-electron chi connectivity index (χ1n) is 9.26. The number of hydrogen-bond acceptors (Lipinski definition) is 9. The van der Waals surface area contributed by atoms with Gasteiger partial charge in [-0.05, 0) is 6.42 Å². The van der Waals surface area contributed by atoms with Gasteiger partial charge in [0.2, 0.25) is 0 Å². The van der Waals surface area contributed by atoms with Crippen LogP contribution in [0.15, 0.2) is 0 Å². The van der Waals surface area contributed by atoms with Crippen LogP contribution in [-0.4, -0.2) is 116 Å². The lowest BCUT2D eigenvalue weighted by molar-refractivity contribution is -0.890. The minimum Gasteiger partial charge on any atom is -0.394 e. The molecule has 0 bridgehead atoms. The fraction of sp³-hybridized carbons (Fsp3) is 1.00. The number of hydrogen-bond donors (Lipinski definition) is 7. The third-order valence-corrected chi connectivity index (χ3v) is 6.69. The van der Waals surface area contributed by atoms with Crippen LogP contribution in [0, 0.1) is 0 Å². The van der Waals surface area contributed by atoms with E-state index >= 15 is 0 Å². The van der Waals surface area contributed by atoms with E-state index in [1.165, 1.54) is 0 Å². The van der Waals surface area contributed by atoms with Crippen LogP contribution >= 0.6 is 0 Å². The molecule has 0 unspecified atom stereocenters. The summed E-state index contributed by atoms with van der Waals surface area (Å²) in [7, 11) is 0.417. The van der Waals surface area contributed by atoms with E-state index < -0.39 is 46.3 Å². The lowest BCUT2D eigenvalue weighted by Gasteiger charge is -2.34. The zero-order valence-corrected chi connectivity index (χ0v) is 17.9. The molecule has 0 saturated heterocycles. The first-order chi connectivity index (χ1) is 12.4. The predicted molar refractivity (Wildman–Crippen MR) is 104 cm³/mol. The summed E-state index contributed by atoms with van der Waals surface area (Å²) in [5.74, 6) is 0. The zero-order chi connectivity index (χ0) is 21.2. The highest BCUT2D eigenvalue weighted by Crippen LogP contribution is 2.18. The van der Waals surface area contributed by atoms with Crippen molar-refractivity contribution in [3.8, 4) is 0 Å². The monoisotopic (exact) mass is 414 g/mol. The van der Waals surface area contributed by atoms with Crippen LogP contribution in [0.3, 0.4) is 0 Å². The van der Waals surface area contributed by atoms with Crippen LogP contribution < -0.4 is 11.5 Å². The Kier molecular flexibility index (Phi) is 11.7. The molecule has 0 heterocycles. The summed E-state index contributed by atoms with van der Waals surface area (Å²) in [6.45, 7) is 1.18. The molecule has 11 heteroatoms. The largest absolute Gasteiger partial charge is 0.498 e. The summed E-state index contributed by atoms with van der Waals surface area (Å²) in [6.07, 6.45) is 1.65. The van der Waals surface area contributed by atoms with E-state index in [0.717, 1.165) is 24.0 Å². The minimum absolute atomic E-state index is 0.221. The molecule has 10 nitrogen and oxygen atoms in total. The van der Waals surface area contributed by atoms with Crippen molar-refractivity contribution in [3.05, 3.63) is 0 Å². The van der Waals surface area contributed by atoms with Gasteiger partial charge in [-0.25, -0.2) is 0 Å². The van der Waals surface area contributed by atoms with Gasteiger partial charge in [-0.1, -0.05) is 6.92 Å². The Morgan fingerprint density at radius 2 is 1.26 bits per heavy atom. The molecule has 0 rings (SSSR count). The van der Waals surface area contributed by atoms with Crippen LogP contribution in [-0.2, 0) is 8.85 Å². The number of nitrogens with zero attached hydrogens (tertiary/aromatic N) is 1. The Labute approximate surface area is 163 Å². The lowest BCUT2D eigenvalue weighted by atomic mass is 10.1. The molecule has 0 aromatic carbocycles. The standard InChI is InChI=1S/C16H40N3O7Si/c1-4-6-19(2,3)7-5-8-27(24,25-13-15(17,9-20)10-21)26-14-16(18,11-22)12-23/h20-24H,4-14,17-18H2,1-3H3/q+1. The van der Waals surface area contributed by atoms with Gasteiger partial charge in [0.1, 0.15) is 0 Å². The second-order valence-electron chi connectivity index (χ2n) is 8.13. The van der Waals surface area contributed by atoms with E-state index in [2.05, 4.69) is 21.0 Å². The van der Waals surface area contributed by atoms with Crippen molar-refractivity contribution in [1.82, 2.24) is 0 Å². The van der Waals surface area contributed by atoms with E-state index in [0.29, 0.717) is 6.42 Å². The smallest absolute Gasteiger partial charge is 0.394 e. The summed E-state index contributed by atoms with van der Waals surface area (Å²) in [6, 6.07) is 0.221. The Bertz CT molecular complexity index is 385. The summed E-state index contributed by atoms with van der Waals surface area (Å²) in [5, 5.41) is 37.2. The molecule has 0 atom stereocenters. The average Bonchev–Trinajstić information content (AvgIpc) is 2.64. The van der Waals surface area contributed by atoms with Gasteiger partial charge in [0, 0.05) is 12.5 Å². The van der Waals surface area contributed by atoms with Gasteiger partial charge in [0.25, 0.3) is 0 Å². The van der Waals surface area contributed by atoms with Crippen molar-refractivity contribution < 1.29 is 38.6 Å². The van der Waals surface area contributed by atoms with Crippen molar-refractivity contribution in [2.45, 2.75) is 36.9 Å². The topological polar surface area (TPSA) is 172 Å². The van der Waals surface area contributed by atoms with Crippen molar-refractivity contribution in [3.63, 3.8) is 0 Å². The van der Waals surface area contributed by atoms with Crippen molar-refractivity contribution in [1.29, 1.82) is 0 Å². The number of rotatable bonds is 16. The average molecular weight is 415 g/mol. The van der Waals surface area contributed by atoms with Crippen molar-refractivity contribution in [2.24, 2.45) is 11.5 Å². The van der Waals surface area contributed by atoms with Crippen LogP contribution in [0.1, 0.15) is 19.8 Å². The maximum Gasteiger partial charge on any atom is 0.498 e. The Balaban J connectivity index is 5.02. The van der Waals surface area contributed by atoms with Crippen molar-refractivity contribution >= 4 is 8.80 Å². The number of quaternary nitrogens is 1. The molecule has 0 spiro atoms. The second kappa shape index (κ2) is 11.7. The molecule has 0 aliphatic rings. The fourth-order valence-electron chi connectivity index (χ4n) is 2.43. The molecule has 27 heavy (non-hydrogen) atoms. The number of aliphatic hydroxyl groups is 4. The van der Waals surface area contributed by atoms with E-state index in [1.54, 1.807) is 0 Å². The molecule has 9 N–H and O–H groups in total. The zero-order valence-electron chi connectivity index (χ0n) is 16.9. The highest BCUT2D eigenvalue weighted by molar-refractivity contribution is 6.59. The first kappa shape index (κ1) is 26.8. The summed E-state index contributed by atoms with van der Waals surface area (Å²) in [4.78, 5) is 10.9. The molecule has 0 aromatic rings. The molecule has 0 amide bonds. The van der Waals surface area contributed by atoms with Gasteiger partial charge in [0.05, 0.1) is 77.9 Å². The van der Waals surface area contributed by atoms with Gasteiger partial charge in [-0.3, -0.25) is 0 Å². The molecule has 0 aliphatic carbocycles. The van der Waals surface area contributed by atoms with Gasteiger partial charge < -0.3 is 50.0 Å². The SMILES string of the molecule is CCC[N+](C)(C)CCC[Si](O)(OCC(N)(CO)CO)OCC(N)(CO)CO. The van der Waals surface area contributed by atoms with Gasteiger partial charge in [-0.15, -0.1) is 0 Å². The lowest BCUT2D eigenvalue weighted by Crippen LogP contribution is -2.58. The molecule has 0 fully saturated rings. The van der Waals surface area contributed by atoms with Crippen LogP contribution in [0.4, 0.5) is 0 Å². The fourth-order valence-corrected chi connectivity index (χ4v) is 4.43. The van der Waals surface area contributed by atoms with E-state index in [9.17, 15) is 25.2 Å². The van der Waals surface area contributed by atoms with Crippen LogP contribution in [0.2, 0.25) is 6.04 Å². The Morgan fingerprint density at radius 3 is 1.59 bits per heavy atom. The first-order valence-corrected chi connectivity index (χ1v) is 11.2. The van der Waals surface area contributed by atoms with Gasteiger partial charge >= 0.3 is 8.80 Å². The second-order valence-corrected chi connectivity index (χ2v) is 10.6. The van der Waals surface area contributed by atoms with Crippen LogP contribution in [0.5, 0.6) is 0 Å². The van der Waals surface area contributed by atoms with Crippen LogP contribution in [0.25, 0.3) is 0 Å². The third kappa shape index (κ3) is 10.2. The third-order valence-electron chi connectivity index (χ3n) is 4.51. The molecule has 164 valence electrons. The summed E-state index contributed by atoms with van der Waals surface area (Å²) < 4.78 is 11.9. The van der Waals surface area contributed by atoms with E-state index in [1.807, 2.05) is 0 Å². The van der Waals surface area contributed by atoms with E-state index in [4.69, 9.17) is 20.3 Å². The molecule has 0 radical (unpaired) electrons. The molecule has 0 aliphatic heterocycles. The highest BCUT2D eigenvalue weighted by Gasteiger charge is 2.42. The maximum atomic E-state index is 10.9. The summed E-state index contributed by atoms with van der Waals surface area (Å²) in [5.41, 5.74) is 8.78. The molecular weight excluding hydrogens is 374 g/mol. The van der Waals surface area contributed by atoms with Crippen molar-refractivity contribution in [2.75, 3.05) is 66.8 Å². The van der Waals surface area contributed by atoms with Gasteiger partial charge in [0.15, 0.2) is 0 Å². The molecule has 0 aromatic heterocycles. The minimum atomic E-state index is -3.77. The molecular formula is C16H40N3O7Si+. The molecule has 0 saturated carbocycles. The van der Waals surface area contributed by atoms with Gasteiger partial charge in [-0.2, -0.15) is 0 Å².